The third-order valence-electron chi connectivity index (χ3n) is 2.39. The fraction of sp³-hybridized carbons (Fsp3) is 0.250. The smallest absolute Gasteiger partial charge is 0.326 e. The number of carbonyl (C=O) groups excluding carboxylic acids is 1. The lowest BCUT2D eigenvalue weighted by atomic mass is 10.2. The third kappa shape index (κ3) is 2.33. The zero-order valence-electron chi connectivity index (χ0n) is 9.42. The number of carbonyl (C=O) groups is 1. The average molecular weight is 232 g/mol. The van der Waals surface area contributed by atoms with Gasteiger partial charge in [0.2, 0.25) is 0 Å². The van der Waals surface area contributed by atoms with E-state index in [1.54, 1.807) is 31.5 Å². The van der Waals surface area contributed by atoms with Crippen LogP contribution in [-0.4, -0.2) is 22.1 Å². The summed E-state index contributed by atoms with van der Waals surface area (Å²) in [6.07, 6.45) is 3.21. The molecule has 88 valence electrons. The summed E-state index contributed by atoms with van der Waals surface area (Å²) < 4.78 is 6.19. The first-order chi connectivity index (χ1) is 8.22. The van der Waals surface area contributed by atoms with E-state index in [2.05, 4.69) is 4.98 Å². The van der Waals surface area contributed by atoms with E-state index >= 15 is 0 Å². The number of hydrogen-bond acceptors (Lipinski definition) is 4. The summed E-state index contributed by atoms with van der Waals surface area (Å²) in [5, 5.41) is 0.865. The van der Waals surface area contributed by atoms with Crippen molar-refractivity contribution in [3.63, 3.8) is 0 Å². The topological polar surface area (TPSA) is 61.2 Å². The molecule has 17 heavy (non-hydrogen) atoms. The molecule has 0 aliphatic carbocycles. The van der Waals surface area contributed by atoms with Crippen molar-refractivity contribution in [3.05, 3.63) is 40.9 Å². The van der Waals surface area contributed by atoms with Crippen molar-refractivity contribution >= 4 is 16.9 Å². The minimum Gasteiger partial charge on any atom is -0.465 e. The number of hydrogen-bond donors (Lipinski definition) is 0. The maximum Gasteiger partial charge on any atom is 0.326 e. The van der Waals surface area contributed by atoms with Gasteiger partial charge in [-0.3, -0.25) is 19.1 Å². The molecule has 0 spiro atoms. The molecule has 0 unspecified atom stereocenters. The first kappa shape index (κ1) is 11.3. The van der Waals surface area contributed by atoms with Gasteiger partial charge in [-0.1, -0.05) is 0 Å². The molecule has 2 heterocycles. The lowest BCUT2D eigenvalue weighted by molar-refractivity contribution is -0.143. The molecule has 5 heteroatoms. The van der Waals surface area contributed by atoms with Gasteiger partial charge in [0.05, 0.1) is 18.3 Å². The number of nitrogens with zero attached hydrogens (tertiary/aromatic N) is 2. The molecule has 0 N–H and O–H groups in total. The van der Waals surface area contributed by atoms with Gasteiger partial charge < -0.3 is 4.74 Å². The largest absolute Gasteiger partial charge is 0.465 e. The van der Waals surface area contributed by atoms with E-state index in [0.29, 0.717) is 12.1 Å². The summed E-state index contributed by atoms with van der Waals surface area (Å²) in [7, 11) is 0. The Bertz CT molecular complexity index is 604. The quantitative estimate of drug-likeness (QED) is 0.739. The van der Waals surface area contributed by atoms with Gasteiger partial charge in [0, 0.05) is 17.6 Å². The van der Waals surface area contributed by atoms with Gasteiger partial charge >= 0.3 is 5.97 Å². The van der Waals surface area contributed by atoms with Crippen LogP contribution in [0.4, 0.5) is 0 Å². The minimum atomic E-state index is -0.425. The summed E-state index contributed by atoms with van der Waals surface area (Å²) in [5.74, 6) is -0.425. The molecule has 0 bridgehead atoms. The second kappa shape index (κ2) is 4.78. The van der Waals surface area contributed by atoms with Gasteiger partial charge in [0.1, 0.15) is 6.54 Å². The Balaban J connectivity index is 2.48. The fourth-order valence-corrected chi connectivity index (χ4v) is 1.63. The van der Waals surface area contributed by atoms with Crippen molar-refractivity contribution in [1.82, 2.24) is 9.55 Å². The minimum absolute atomic E-state index is 0.0876. The third-order valence-corrected chi connectivity index (χ3v) is 2.39. The Kier molecular flexibility index (Phi) is 3.18. The highest BCUT2D eigenvalue weighted by atomic mass is 16.5. The highest BCUT2D eigenvalue weighted by Gasteiger charge is 2.08. The van der Waals surface area contributed by atoms with E-state index in [0.717, 1.165) is 5.39 Å². The Morgan fingerprint density at radius 3 is 3.00 bits per heavy atom. The van der Waals surface area contributed by atoms with E-state index in [1.165, 1.54) is 10.6 Å². The molecule has 0 aliphatic heterocycles. The fourth-order valence-electron chi connectivity index (χ4n) is 1.63. The lowest BCUT2D eigenvalue weighted by Crippen LogP contribution is -2.25. The van der Waals surface area contributed by atoms with Crippen LogP contribution in [0, 0.1) is 0 Å². The Labute approximate surface area is 97.7 Å². The molecule has 0 radical (unpaired) electrons. The van der Waals surface area contributed by atoms with Crippen LogP contribution < -0.4 is 5.56 Å². The van der Waals surface area contributed by atoms with Crippen LogP contribution in [-0.2, 0) is 16.1 Å². The molecule has 2 rings (SSSR count). The molecule has 2 aromatic heterocycles. The Hall–Kier alpha value is -2.17. The maximum atomic E-state index is 11.7. The van der Waals surface area contributed by atoms with Crippen molar-refractivity contribution in [1.29, 1.82) is 0 Å². The molecule has 0 amide bonds. The maximum absolute atomic E-state index is 11.7. The van der Waals surface area contributed by atoms with Crippen LogP contribution in [0.5, 0.6) is 0 Å². The van der Waals surface area contributed by atoms with Crippen molar-refractivity contribution < 1.29 is 9.53 Å². The highest BCUT2D eigenvalue weighted by molar-refractivity contribution is 5.79. The second-order valence-corrected chi connectivity index (χ2v) is 3.50. The zero-order valence-corrected chi connectivity index (χ0v) is 9.42. The van der Waals surface area contributed by atoms with E-state index in [4.69, 9.17) is 4.74 Å². The van der Waals surface area contributed by atoms with Crippen LogP contribution in [0.1, 0.15) is 6.92 Å². The van der Waals surface area contributed by atoms with Crippen LogP contribution >= 0.6 is 0 Å². The standard InChI is InChI=1S/C12H12N2O3/c1-2-17-12(16)8-14-10-7-13-6-5-9(10)3-4-11(14)15/h3-7H,2,8H2,1H3. The van der Waals surface area contributed by atoms with Gasteiger partial charge in [0.15, 0.2) is 0 Å². The van der Waals surface area contributed by atoms with Gasteiger partial charge in [-0.25, -0.2) is 0 Å². The van der Waals surface area contributed by atoms with E-state index in [1.807, 2.05) is 0 Å². The molecular weight excluding hydrogens is 220 g/mol. The highest BCUT2D eigenvalue weighted by Crippen LogP contribution is 2.09. The van der Waals surface area contributed by atoms with Crippen LogP contribution in [0.3, 0.4) is 0 Å². The average Bonchev–Trinajstić information content (AvgIpc) is 2.33. The van der Waals surface area contributed by atoms with Gasteiger partial charge in [-0.15, -0.1) is 0 Å². The van der Waals surface area contributed by atoms with Gasteiger partial charge in [0.25, 0.3) is 5.56 Å². The molecular formula is C12H12N2O3. The van der Waals surface area contributed by atoms with Crippen molar-refractivity contribution in [3.8, 4) is 0 Å². The van der Waals surface area contributed by atoms with Crippen molar-refractivity contribution in [2.24, 2.45) is 0 Å². The summed E-state index contributed by atoms with van der Waals surface area (Å²) in [5.41, 5.74) is 0.395. The molecule has 0 saturated heterocycles. The number of aromatic nitrogens is 2. The molecule has 0 fully saturated rings. The van der Waals surface area contributed by atoms with Crippen LogP contribution in [0.15, 0.2) is 35.4 Å². The Morgan fingerprint density at radius 2 is 2.24 bits per heavy atom. The number of esters is 1. The molecule has 0 aliphatic rings. The van der Waals surface area contributed by atoms with Gasteiger partial charge in [-0.05, 0) is 19.1 Å². The summed E-state index contributed by atoms with van der Waals surface area (Å²) in [6.45, 7) is 1.94. The number of rotatable bonds is 3. The predicted octanol–water partition coefficient (Wildman–Crippen LogP) is 0.960. The molecule has 5 nitrogen and oxygen atoms in total. The van der Waals surface area contributed by atoms with E-state index < -0.39 is 5.97 Å². The Morgan fingerprint density at radius 1 is 1.41 bits per heavy atom. The first-order valence-corrected chi connectivity index (χ1v) is 5.31. The van der Waals surface area contributed by atoms with Crippen molar-refractivity contribution in [2.45, 2.75) is 13.5 Å². The number of fused-ring (bicyclic) bond motifs is 1. The monoisotopic (exact) mass is 232 g/mol. The summed E-state index contributed by atoms with van der Waals surface area (Å²) in [4.78, 5) is 27.1. The van der Waals surface area contributed by atoms with Crippen molar-refractivity contribution in [2.75, 3.05) is 6.61 Å². The lowest BCUT2D eigenvalue weighted by Gasteiger charge is -2.08. The second-order valence-electron chi connectivity index (χ2n) is 3.50. The first-order valence-electron chi connectivity index (χ1n) is 5.31. The predicted molar refractivity (Wildman–Crippen MR) is 62.6 cm³/mol. The molecule has 2 aromatic rings. The van der Waals surface area contributed by atoms with Crippen LogP contribution in [0.25, 0.3) is 10.9 Å². The number of ether oxygens (including phenoxy) is 1. The molecule has 0 aromatic carbocycles. The van der Waals surface area contributed by atoms with Gasteiger partial charge in [-0.2, -0.15) is 0 Å². The summed E-state index contributed by atoms with van der Waals surface area (Å²) >= 11 is 0. The summed E-state index contributed by atoms with van der Waals surface area (Å²) in [6, 6.07) is 4.93. The van der Waals surface area contributed by atoms with E-state index in [-0.39, 0.29) is 12.1 Å². The zero-order chi connectivity index (χ0) is 12.3. The number of pyridine rings is 2. The van der Waals surface area contributed by atoms with Crippen LogP contribution in [0.2, 0.25) is 0 Å². The normalized spacial score (nSPS) is 10.4. The van der Waals surface area contributed by atoms with E-state index in [9.17, 15) is 9.59 Å². The molecule has 0 saturated carbocycles. The SMILES string of the molecule is CCOC(=O)Cn1c(=O)ccc2ccncc21. The molecule has 0 atom stereocenters.